The minimum atomic E-state index is -0.106. The van der Waals surface area contributed by atoms with Crippen molar-refractivity contribution in [3.63, 3.8) is 0 Å². The Morgan fingerprint density at radius 1 is 1.24 bits per heavy atom. The zero-order chi connectivity index (χ0) is 20.1. The van der Waals surface area contributed by atoms with Crippen molar-refractivity contribution in [3.8, 4) is 0 Å². The number of halogens is 3. The first kappa shape index (κ1) is 23.8. The van der Waals surface area contributed by atoms with Gasteiger partial charge in [-0.25, -0.2) is 4.99 Å². The fraction of sp³-hybridized carbons (Fsp3) is 0.333. The summed E-state index contributed by atoms with van der Waals surface area (Å²) in [5.74, 6) is 0.554. The van der Waals surface area contributed by atoms with Crippen LogP contribution in [0.3, 0.4) is 0 Å². The maximum atomic E-state index is 11.9. The predicted molar refractivity (Wildman–Crippen MR) is 130 cm³/mol. The third kappa shape index (κ3) is 6.49. The highest BCUT2D eigenvalue weighted by atomic mass is 127. The molecule has 0 aromatic heterocycles. The van der Waals surface area contributed by atoms with E-state index in [0.29, 0.717) is 35.5 Å². The van der Waals surface area contributed by atoms with Gasteiger partial charge in [-0.1, -0.05) is 53.5 Å². The number of amides is 1. The van der Waals surface area contributed by atoms with Crippen molar-refractivity contribution >= 4 is 59.0 Å². The molecule has 2 aromatic carbocycles. The van der Waals surface area contributed by atoms with Gasteiger partial charge in [-0.2, -0.15) is 0 Å². The molecule has 5 nitrogen and oxygen atoms in total. The zero-order valence-electron chi connectivity index (χ0n) is 16.2. The van der Waals surface area contributed by atoms with E-state index in [4.69, 9.17) is 28.9 Å². The van der Waals surface area contributed by atoms with E-state index in [1.807, 2.05) is 42.2 Å². The molecule has 1 heterocycles. The van der Waals surface area contributed by atoms with E-state index in [-0.39, 0.29) is 35.9 Å². The maximum absolute atomic E-state index is 11.9. The average molecular weight is 547 g/mol. The first-order valence-corrected chi connectivity index (χ1v) is 10.1. The summed E-state index contributed by atoms with van der Waals surface area (Å²) in [4.78, 5) is 18.3. The minimum Gasteiger partial charge on any atom is -0.370 e. The Hall–Kier alpha value is -1.51. The molecule has 0 bridgehead atoms. The number of carbonyl (C=O) groups excluding carboxylic acids is 1. The van der Waals surface area contributed by atoms with Gasteiger partial charge in [-0.15, -0.1) is 24.0 Å². The number of nitrogens with two attached hydrogens (primary N) is 1. The Kier molecular flexibility index (Phi) is 9.04. The van der Waals surface area contributed by atoms with Crippen LogP contribution < -0.4 is 11.1 Å². The van der Waals surface area contributed by atoms with Crippen LogP contribution in [0.25, 0.3) is 0 Å². The molecular weight excluding hydrogens is 522 g/mol. The number of hydrogen-bond donors (Lipinski definition) is 2. The molecule has 1 aliphatic rings. The van der Waals surface area contributed by atoms with Crippen LogP contribution in [0.1, 0.15) is 42.5 Å². The van der Waals surface area contributed by atoms with Gasteiger partial charge in [0, 0.05) is 29.6 Å². The van der Waals surface area contributed by atoms with Crippen LogP contribution in [0, 0.1) is 0 Å². The molecule has 0 radical (unpaired) electrons. The highest BCUT2D eigenvalue weighted by Gasteiger charge is 2.20. The van der Waals surface area contributed by atoms with E-state index < -0.39 is 0 Å². The van der Waals surface area contributed by atoms with Crippen molar-refractivity contribution in [2.75, 3.05) is 6.54 Å². The van der Waals surface area contributed by atoms with Gasteiger partial charge in [0.2, 0.25) is 5.91 Å². The van der Waals surface area contributed by atoms with Gasteiger partial charge in [0.1, 0.15) is 0 Å². The molecular formula is C21H25Cl2IN4O. The van der Waals surface area contributed by atoms with Gasteiger partial charge >= 0.3 is 0 Å². The zero-order valence-corrected chi connectivity index (χ0v) is 20.0. The van der Waals surface area contributed by atoms with Crippen LogP contribution in [-0.2, 0) is 17.9 Å². The Balaban J connectivity index is 0.00000300. The second-order valence-corrected chi connectivity index (χ2v) is 7.76. The highest BCUT2D eigenvalue weighted by molar-refractivity contribution is 14.0. The van der Waals surface area contributed by atoms with E-state index in [1.54, 1.807) is 12.1 Å². The molecule has 3 N–H and O–H groups in total. The van der Waals surface area contributed by atoms with E-state index in [1.165, 1.54) is 0 Å². The number of benzene rings is 2. The molecule has 156 valence electrons. The number of carbonyl (C=O) groups is 1. The highest BCUT2D eigenvalue weighted by Crippen LogP contribution is 2.26. The van der Waals surface area contributed by atoms with Crippen molar-refractivity contribution in [1.29, 1.82) is 0 Å². The lowest BCUT2D eigenvalue weighted by atomic mass is 10.1. The molecule has 1 unspecified atom stereocenters. The second kappa shape index (κ2) is 11.0. The van der Waals surface area contributed by atoms with Crippen molar-refractivity contribution in [2.45, 2.75) is 38.9 Å². The number of rotatable bonds is 6. The standard InChI is InChI=1S/C21H24Cl2N4O.HI/c1-14(18-9-8-17(22)11-19(18)23)26-21(24)25-12-15-5-2-3-6-16(15)13-27-10-4-7-20(27)28;/h2-3,5-6,8-9,11,14H,4,7,10,12-13H2,1H3,(H3,24,25,26);1H. The summed E-state index contributed by atoms with van der Waals surface area (Å²) < 4.78 is 0. The van der Waals surface area contributed by atoms with Crippen molar-refractivity contribution in [1.82, 2.24) is 10.2 Å². The van der Waals surface area contributed by atoms with Gasteiger partial charge in [0.15, 0.2) is 5.96 Å². The van der Waals surface area contributed by atoms with Gasteiger partial charge in [-0.3, -0.25) is 4.79 Å². The SMILES string of the molecule is CC(NC(N)=NCc1ccccc1CN1CCCC1=O)c1ccc(Cl)cc1Cl.I. The van der Waals surface area contributed by atoms with Crippen LogP contribution in [0.5, 0.6) is 0 Å². The summed E-state index contributed by atoms with van der Waals surface area (Å²) >= 11 is 12.2. The molecule has 1 atom stereocenters. The summed E-state index contributed by atoms with van der Waals surface area (Å²) in [6.45, 7) is 3.84. The van der Waals surface area contributed by atoms with E-state index in [2.05, 4.69) is 10.3 Å². The summed E-state index contributed by atoms with van der Waals surface area (Å²) in [6, 6.07) is 13.3. The lowest BCUT2D eigenvalue weighted by Crippen LogP contribution is -2.34. The molecule has 29 heavy (non-hydrogen) atoms. The molecule has 3 rings (SSSR count). The monoisotopic (exact) mass is 546 g/mol. The van der Waals surface area contributed by atoms with Crippen molar-refractivity contribution < 1.29 is 4.79 Å². The van der Waals surface area contributed by atoms with Gasteiger partial charge in [0.05, 0.1) is 12.6 Å². The van der Waals surface area contributed by atoms with Crippen LogP contribution >= 0.6 is 47.2 Å². The van der Waals surface area contributed by atoms with Crippen molar-refractivity contribution in [2.24, 2.45) is 10.7 Å². The third-order valence-electron chi connectivity index (χ3n) is 4.86. The number of aliphatic imine (C=N–C) groups is 1. The second-order valence-electron chi connectivity index (χ2n) is 6.92. The Bertz CT molecular complexity index is 891. The number of guanidine groups is 1. The largest absolute Gasteiger partial charge is 0.370 e. The van der Waals surface area contributed by atoms with Gasteiger partial charge < -0.3 is 16.0 Å². The Morgan fingerprint density at radius 2 is 1.97 bits per heavy atom. The first-order chi connectivity index (χ1) is 13.4. The van der Waals surface area contributed by atoms with E-state index in [9.17, 15) is 4.79 Å². The summed E-state index contributed by atoms with van der Waals surface area (Å²) in [5, 5.41) is 4.34. The van der Waals surface area contributed by atoms with E-state index >= 15 is 0 Å². The Morgan fingerprint density at radius 3 is 2.62 bits per heavy atom. The predicted octanol–water partition coefficient (Wildman–Crippen LogP) is 4.90. The minimum absolute atomic E-state index is 0. The normalized spacial score (nSPS) is 15.2. The number of nitrogens with one attached hydrogen (secondary N) is 1. The molecule has 8 heteroatoms. The number of hydrogen-bond acceptors (Lipinski definition) is 2. The van der Waals surface area contributed by atoms with Crippen LogP contribution in [0.15, 0.2) is 47.5 Å². The van der Waals surface area contributed by atoms with Gasteiger partial charge in [-0.05, 0) is 42.2 Å². The lowest BCUT2D eigenvalue weighted by molar-refractivity contribution is -0.128. The topological polar surface area (TPSA) is 70.7 Å². The van der Waals surface area contributed by atoms with Crippen molar-refractivity contribution in [3.05, 3.63) is 69.2 Å². The van der Waals surface area contributed by atoms with E-state index in [0.717, 1.165) is 29.7 Å². The molecule has 0 saturated carbocycles. The molecule has 1 aliphatic heterocycles. The molecule has 0 spiro atoms. The van der Waals surface area contributed by atoms with Crippen LogP contribution in [0.2, 0.25) is 10.0 Å². The van der Waals surface area contributed by atoms with Crippen LogP contribution in [0.4, 0.5) is 0 Å². The van der Waals surface area contributed by atoms with Gasteiger partial charge in [0.25, 0.3) is 0 Å². The third-order valence-corrected chi connectivity index (χ3v) is 5.43. The fourth-order valence-corrected chi connectivity index (χ4v) is 3.88. The Labute approximate surface area is 198 Å². The molecule has 1 saturated heterocycles. The molecule has 0 aliphatic carbocycles. The maximum Gasteiger partial charge on any atom is 0.222 e. The summed E-state index contributed by atoms with van der Waals surface area (Å²) in [7, 11) is 0. The molecule has 2 aromatic rings. The van der Waals surface area contributed by atoms with Crippen LogP contribution in [-0.4, -0.2) is 23.3 Å². The number of nitrogens with zero attached hydrogens (tertiary/aromatic N) is 2. The molecule has 1 amide bonds. The molecule has 1 fully saturated rings. The smallest absolute Gasteiger partial charge is 0.222 e. The number of likely N-dealkylation sites (tertiary alicyclic amines) is 1. The lowest BCUT2D eigenvalue weighted by Gasteiger charge is -2.18. The summed E-state index contributed by atoms with van der Waals surface area (Å²) in [5.41, 5.74) is 9.14. The quantitative estimate of drug-likeness (QED) is 0.307. The first-order valence-electron chi connectivity index (χ1n) is 9.30. The average Bonchev–Trinajstić information content (AvgIpc) is 3.05. The summed E-state index contributed by atoms with van der Waals surface area (Å²) in [6.07, 6.45) is 1.57. The fourth-order valence-electron chi connectivity index (χ4n) is 3.31.